The van der Waals surface area contributed by atoms with Crippen molar-refractivity contribution in [1.82, 2.24) is 10.6 Å². The second kappa shape index (κ2) is 8.68. The number of hydrogen-bond donors (Lipinski definition) is 2. The first-order chi connectivity index (χ1) is 11.2. The van der Waals surface area contributed by atoms with E-state index in [0.29, 0.717) is 13.1 Å². The van der Waals surface area contributed by atoms with Crippen LogP contribution in [0, 0.1) is 0 Å². The van der Waals surface area contributed by atoms with E-state index in [2.05, 4.69) is 10.6 Å². The van der Waals surface area contributed by atoms with Crippen molar-refractivity contribution in [2.75, 3.05) is 20.8 Å². The first-order valence-corrected chi connectivity index (χ1v) is 7.49. The van der Waals surface area contributed by atoms with E-state index in [0.717, 1.165) is 29.0 Å². The molecule has 122 valence electrons. The second-order valence-corrected chi connectivity index (χ2v) is 5.06. The van der Waals surface area contributed by atoms with Gasteiger partial charge in [0.1, 0.15) is 11.5 Å². The Morgan fingerprint density at radius 1 is 0.913 bits per heavy atom. The Balaban J connectivity index is 1.70. The third-order valence-corrected chi connectivity index (χ3v) is 3.45. The molecule has 0 heterocycles. The first-order valence-electron chi connectivity index (χ1n) is 7.49. The van der Waals surface area contributed by atoms with Gasteiger partial charge in [-0.2, -0.15) is 0 Å². The van der Waals surface area contributed by atoms with E-state index in [-0.39, 0.29) is 6.03 Å². The number of ether oxygens (including phenoxy) is 2. The monoisotopic (exact) mass is 314 g/mol. The summed E-state index contributed by atoms with van der Waals surface area (Å²) in [5.41, 5.74) is 2.15. The fraction of sp³-hybridized carbons (Fsp3) is 0.278. The zero-order chi connectivity index (χ0) is 16.5. The lowest BCUT2D eigenvalue weighted by Crippen LogP contribution is -2.36. The quantitative estimate of drug-likeness (QED) is 0.826. The topological polar surface area (TPSA) is 59.6 Å². The minimum absolute atomic E-state index is 0.179. The molecule has 0 radical (unpaired) electrons. The van der Waals surface area contributed by atoms with Crippen LogP contribution in [-0.2, 0) is 13.0 Å². The van der Waals surface area contributed by atoms with E-state index >= 15 is 0 Å². The molecule has 2 rings (SSSR count). The number of benzene rings is 2. The molecule has 0 aliphatic carbocycles. The van der Waals surface area contributed by atoms with Crippen molar-refractivity contribution in [1.29, 1.82) is 0 Å². The van der Waals surface area contributed by atoms with Crippen molar-refractivity contribution >= 4 is 6.03 Å². The summed E-state index contributed by atoms with van der Waals surface area (Å²) in [5, 5.41) is 5.68. The highest BCUT2D eigenvalue weighted by atomic mass is 16.5. The molecule has 2 amide bonds. The fourth-order valence-electron chi connectivity index (χ4n) is 2.14. The van der Waals surface area contributed by atoms with Gasteiger partial charge < -0.3 is 20.1 Å². The van der Waals surface area contributed by atoms with Crippen LogP contribution in [0.4, 0.5) is 4.79 Å². The Morgan fingerprint density at radius 3 is 2.35 bits per heavy atom. The summed E-state index contributed by atoms with van der Waals surface area (Å²) in [5.74, 6) is 1.61. The zero-order valence-electron chi connectivity index (χ0n) is 13.5. The molecule has 2 aromatic carbocycles. The van der Waals surface area contributed by atoms with Gasteiger partial charge in [0.25, 0.3) is 0 Å². The van der Waals surface area contributed by atoms with Crippen LogP contribution in [0.25, 0.3) is 0 Å². The largest absolute Gasteiger partial charge is 0.497 e. The van der Waals surface area contributed by atoms with E-state index in [4.69, 9.17) is 9.47 Å². The maximum atomic E-state index is 11.8. The molecule has 0 unspecified atom stereocenters. The van der Waals surface area contributed by atoms with Crippen molar-refractivity contribution in [3.63, 3.8) is 0 Å². The lowest BCUT2D eigenvalue weighted by molar-refractivity contribution is 0.240. The summed E-state index contributed by atoms with van der Waals surface area (Å²) in [6.45, 7) is 1.04. The number of rotatable bonds is 7. The van der Waals surface area contributed by atoms with Gasteiger partial charge in [-0.3, -0.25) is 0 Å². The van der Waals surface area contributed by atoms with E-state index in [9.17, 15) is 4.79 Å². The Hall–Kier alpha value is -2.69. The van der Waals surface area contributed by atoms with Gasteiger partial charge in [0, 0.05) is 13.1 Å². The SMILES string of the molecule is COc1ccc(CCNC(=O)NCc2cccc(OC)c2)cc1. The average molecular weight is 314 g/mol. The lowest BCUT2D eigenvalue weighted by Gasteiger charge is -2.09. The minimum atomic E-state index is -0.179. The van der Waals surface area contributed by atoms with Crippen molar-refractivity contribution in [3.8, 4) is 11.5 Å². The summed E-state index contributed by atoms with van der Waals surface area (Å²) in [6.07, 6.45) is 0.774. The molecule has 0 atom stereocenters. The average Bonchev–Trinajstić information content (AvgIpc) is 2.61. The molecule has 0 aliphatic heterocycles. The highest BCUT2D eigenvalue weighted by Crippen LogP contribution is 2.12. The third kappa shape index (κ3) is 5.54. The predicted octanol–water partition coefficient (Wildman–Crippen LogP) is 2.75. The first kappa shape index (κ1) is 16.7. The maximum Gasteiger partial charge on any atom is 0.315 e. The molecule has 23 heavy (non-hydrogen) atoms. The maximum absolute atomic E-state index is 11.8. The highest BCUT2D eigenvalue weighted by molar-refractivity contribution is 5.73. The molecule has 5 nitrogen and oxygen atoms in total. The van der Waals surface area contributed by atoms with Crippen LogP contribution in [0.3, 0.4) is 0 Å². The Bertz CT molecular complexity index is 626. The standard InChI is InChI=1S/C18H22N2O3/c1-22-16-8-6-14(7-9-16)10-11-19-18(21)20-13-15-4-3-5-17(12-15)23-2/h3-9,12H,10-11,13H2,1-2H3,(H2,19,20,21). The zero-order valence-corrected chi connectivity index (χ0v) is 13.5. The van der Waals surface area contributed by atoms with Crippen LogP contribution in [0.2, 0.25) is 0 Å². The van der Waals surface area contributed by atoms with E-state index in [1.165, 1.54) is 0 Å². The van der Waals surface area contributed by atoms with Crippen molar-refractivity contribution in [2.45, 2.75) is 13.0 Å². The molecule has 2 N–H and O–H groups in total. The number of methoxy groups -OCH3 is 2. The van der Waals surface area contributed by atoms with Gasteiger partial charge in [-0.1, -0.05) is 24.3 Å². The summed E-state index contributed by atoms with van der Waals surface area (Å²) < 4.78 is 10.3. The third-order valence-electron chi connectivity index (χ3n) is 3.45. The Kier molecular flexibility index (Phi) is 6.29. The molecule has 0 fully saturated rings. The Morgan fingerprint density at radius 2 is 1.65 bits per heavy atom. The highest BCUT2D eigenvalue weighted by Gasteiger charge is 2.02. The second-order valence-electron chi connectivity index (χ2n) is 5.06. The predicted molar refractivity (Wildman–Crippen MR) is 89.9 cm³/mol. The molecule has 5 heteroatoms. The lowest BCUT2D eigenvalue weighted by atomic mass is 10.1. The van der Waals surface area contributed by atoms with Gasteiger partial charge in [-0.15, -0.1) is 0 Å². The van der Waals surface area contributed by atoms with Gasteiger partial charge in [-0.05, 0) is 41.8 Å². The smallest absolute Gasteiger partial charge is 0.315 e. The molecule has 0 aliphatic rings. The summed E-state index contributed by atoms with van der Waals surface area (Å²) in [7, 11) is 3.27. The molecule has 2 aromatic rings. The molecule has 0 saturated carbocycles. The molecular formula is C18H22N2O3. The Labute approximate surface area is 136 Å². The molecule has 0 bridgehead atoms. The number of carbonyl (C=O) groups excluding carboxylic acids is 1. The van der Waals surface area contributed by atoms with E-state index in [1.807, 2.05) is 48.5 Å². The van der Waals surface area contributed by atoms with Gasteiger partial charge in [0.15, 0.2) is 0 Å². The van der Waals surface area contributed by atoms with Gasteiger partial charge in [0.05, 0.1) is 14.2 Å². The van der Waals surface area contributed by atoms with Crippen LogP contribution < -0.4 is 20.1 Å². The van der Waals surface area contributed by atoms with Crippen molar-refractivity contribution < 1.29 is 14.3 Å². The van der Waals surface area contributed by atoms with Crippen LogP contribution in [-0.4, -0.2) is 26.8 Å². The van der Waals surface area contributed by atoms with Gasteiger partial charge in [0.2, 0.25) is 0 Å². The molecule has 0 aromatic heterocycles. The number of nitrogens with one attached hydrogen (secondary N) is 2. The van der Waals surface area contributed by atoms with Crippen LogP contribution in [0.5, 0.6) is 11.5 Å². The van der Waals surface area contributed by atoms with Gasteiger partial charge >= 0.3 is 6.03 Å². The van der Waals surface area contributed by atoms with Crippen LogP contribution >= 0.6 is 0 Å². The van der Waals surface area contributed by atoms with E-state index < -0.39 is 0 Å². The molecule has 0 spiro atoms. The summed E-state index contributed by atoms with van der Waals surface area (Å²) in [6, 6.07) is 15.3. The number of urea groups is 1. The van der Waals surface area contributed by atoms with Gasteiger partial charge in [-0.25, -0.2) is 4.79 Å². The fourth-order valence-corrected chi connectivity index (χ4v) is 2.14. The van der Waals surface area contributed by atoms with Crippen molar-refractivity contribution in [2.24, 2.45) is 0 Å². The van der Waals surface area contributed by atoms with E-state index in [1.54, 1.807) is 14.2 Å². The summed E-state index contributed by atoms with van der Waals surface area (Å²) >= 11 is 0. The minimum Gasteiger partial charge on any atom is -0.497 e. The molecular weight excluding hydrogens is 292 g/mol. The number of amides is 2. The van der Waals surface area contributed by atoms with Crippen molar-refractivity contribution in [3.05, 3.63) is 59.7 Å². The normalized spacial score (nSPS) is 10.0. The van der Waals surface area contributed by atoms with Crippen LogP contribution in [0.1, 0.15) is 11.1 Å². The number of carbonyl (C=O) groups is 1. The molecule has 0 saturated heterocycles. The number of hydrogen-bond acceptors (Lipinski definition) is 3. The summed E-state index contributed by atoms with van der Waals surface area (Å²) in [4.78, 5) is 11.8. The van der Waals surface area contributed by atoms with Crippen LogP contribution in [0.15, 0.2) is 48.5 Å².